The van der Waals surface area contributed by atoms with Gasteiger partial charge in [0.05, 0.1) is 15.0 Å². The standard InChI is InChI=1S/C19H12ClNO3S/c1-10-8-11(20)6-7-14(10)21-18(22)16-9-13-17(25-16)12-4-2-3-5-15(12)24-19(13)23/h2-9H,1H3,(H,21,22). The molecule has 0 radical (unpaired) electrons. The predicted octanol–water partition coefficient (Wildman–Crippen LogP) is 5.22. The largest absolute Gasteiger partial charge is 0.422 e. The van der Waals surface area contributed by atoms with E-state index in [2.05, 4.69) is 5.32 Å². The highest BCUT2D eigenvalue weighted by Gasteiger charge is 2.16. The summed E-state index contributed by atoms with van der Waals surface area (Å²) in [5.74, 6) is -0.268. The summed E-state index contributed by atoms with van der Waals surface area (Å²) < 4.78 is 6.08. The molecule has 0 fully saturated rings. The molecule has 2 heterocycles. The fourth-order valence-electron chi connectivity index (χ4n) is 2.70. The fourth-order valence-corrected chi connectivity index (χ4v) is 4.00. The van der Waals surface area contributed by atoms with Gasteiger partial charge in [-0.05, 0) is 48.9 Å². The van der Waals surface area contributed by atoms with Gasteiger partial charge in [-0.15, -0.1) is 11.3 Å². The molecular weight excluding hydrogens is 358 g/mol. The highest BCUT2D eigenvalue weighted by Crippen LogP contribution is 2.31. The van der Waals surface area contributed by atoms with Crippen LogP contribution in [-0.2, 0) is 0 Å². The van der Waals surface area contributed by atoms with Gasteiger partial charge in [-0.1, -0.05) is 23.7 Å². The van der Waals surface area contributed by atoms with Crippen molar-refractivity contribution in [1.29, 1.82) is 0 Å². The number of carbonyl (C=O) groups is 1. The maximum atomic E-state index is 12.6. The number of thiophene rings is 1. The van der Waals surface area contributed by atoms with Gasteiger partial charge >= 0.3 is 5.63 Å². The Hall–Kier alpha value is -2.63. The molecular formula is C19H12ClNO3S. The summed E-state index contributed by atoms with van der Waals surface area (Å²) in [6.45, 7) is 1.87. The van der Waals surface area contributed by atoms with Crippen LogP contribution in [0, 0.1) is 6.92 Å². The third-order valence-electron chi connectivity index (χ3n) is 3.95. The lowest BCUT2D eigenvalue weighted by atomic mass is 10.2. The Kier molecular flexibility index (Phi) is 3.82. The van der Waals surface area contributed by atoms with Crippen molar-refractivity contribution in [3.05, 3.63) is 74.4 Å². The van der Waals surface area contributed by atoms with E-state index in [4.69, 9.17) is 16.0 Å². The van der Waals surface area contributed by atoms with E-state index in [0.29, 0.717) is 26.6 Å². The molecule has 0 saturated heterocycles. The lowest BCUT2D eigenvalue weighted by Gasteiger charge is -2.07. The number of halogens is 1. The van der Waals surface area contributed by atoms with Crippen LogP contribution < -0.4 is 10.9 Å². The third kappa shape index (κ3) is 2.81. The van der Waals surface area contributed by atoms with Crippen LogP contribution in [0.2, 0.25) is 5.02 Å². The Morgan fingerprint density at radius 3 is 2.72 bits per heavy atom. The molecule has 0 aliphatic heterocycles. The number of hydrogen-bond donors (Lipinski definition) is 1. The summed E-state index contributed by atoms with van der Waals surface area (Å²) in [5, 5.41) is 4.72. The van der Waals surface area contributed by atoms with Crippen LogP contribution in [0.15, 0.2) is 57.7 Å². The topological polar surface area (TPSA) is 59.3 Å². The summed E-state index contributed by atoms with van der Waals surface area (Å²) in [5.41, 5.74) is 1.63. The molecule has 124 valence electrons. The molecule has 1 N–H and O–H groups in total. The highest BCUT2D eigenvalue weighted by molar-refractivity contribution is 7.21. The molecule has 6 heteroatoms. The van der Waals surface area contributed by atoms with Gasteiger partial charge in [-0.25, -0.2) is 4.79 Å². The van der Waals surface area contributed by atoms with Gasteiger partial charge in [-0.3, -0.25) is 4.79 Å². The van der Waals surface area contributed by atoms with Crippen molar-refractivity contribution in [1.82, 2.24) is 0 Å². The molecule has 0 saturated carbocycles. The summed E-state index contributed by atoms with van der Waals surface area (Å²) in [6.07, 6.45) is 0. The van der Waals surface area contributed by atoms with E-state index in [0.717, 1.165) is 15.6 Å². The van der Waals surface area contributed by atoms with Crippen molar-refractivity contribution in [2.24, 2.45) is 0 Å². The van der Waals surface area contributed by atoms with E-state index in [9.17, 15) is 9.59 Å². The average Bonchev–Trinajstić information content (AvgIpc) is 3.04. The monoisotopic (exact) mass is 369 g/mol. The lowest BCUT2D eigenvalue weighted by molar-refractivity contribution is 0.103. The quantitative estimate of drug-likeness (QED) is 0.493. The van der Waals surface area contributed by atoms with Crippen LogP contribution in [0.3, 0.4) is 0 Å². The maximum absolute atomic E-state index is 12.6. The average molecular weight is 370 g/mol. The molecule has 25 heavy (non-hydrogen) atoms. The van der Waals surface area contributed by atoms with Crippen molar-refractivity contribution in [2.45, 2.75) is 6.92 Å². The first kappa shape index (κ1) is 15.9. The Labute approximate surface area is 151 Å². The second-order valence-corrected chi connectivity index (χ2v) is 7.14. The zero-order valence-corrected chi connectivity index (χ0v) is 14.7. The summed E-state index contributed by atoms with van der Waals surface area (Å²) in [6, 6.07) is 14.1. The summed E-state index contributed by atoms with van der Waals surface area (Å²) >= 11 is 7.22. The van der Waals surface area contributed by atoms with Gasteiger partial charge in [-0.2, -0.15) is 0 Å². The maximum Gasteiger partial charge on any atom is 0.345 e. The second kappa shape index (κ2) is 6.02. The fraction of sp³-hybridized carbons (Fsp3) is 0.0526. The first-order chi connectivity index (χ1) is 12.0. The predicted molar refractivity (Wildman–Crippen MR) is 102 cm³/mol. The number of anilines is 1. The molecule has 0 spiro atoms. The molecule has 4 nitrogen and oxygen atoms in total. The Bertz CT molecular complexity index is 1190. The van der Waals surface area contributed by atoms with Gasteiger partial charge in [0.2, 0.25) is 0 Å². The number of hydrogen-bond acceptors (Lipinski definition) is 4. The van der Waals surface area contributed by atoms with Gasteiger partial charge < -0.3 is 9.73 Å². The first-order valence-corrected chi connectivity index (χ1v) is 8.75. The Morgan fingerprint density at radius 1 is 1.12 bits per heavy atom. The minimum Gasteiger partial charge on any atom is -0.422 e. The van der Waals surface area contributed by atoms with Crippen LogP contribution in [0.5, 0.6) is 0 Å². The molecule has 0 aliphatic carbocycles. The SMILES string of the molecule is Cc1cc(Cl)ccc1NC(=O)c1cc2c(=O)oc3ccccc3c2s1. The van der Waals surface area contributed by atoms with E-state index in [1.54, 1.807) is 30.3 Å². The number of aryl methyl sites for hydroxylation is 1. The van der Waals surface area contributed by atoms with Crippen LogP contribution in [-0.4, -0.2) is 5.91 Å². The molecule has 2 aromatic heterocycles. The summed E-state index contributed by atoms with van der Waals surface area (Å²) in [7, 11) is 0. The Balaban J connectivity index is 1.79. The number of nitrogens with one attached hydrogen (secondary N) is 1. The van der Waals surface area contributed by atoms with Gasteiger partial charge in [0, 0.05) is 16.1 Å². The van der Waals surface area contributed by atoms with Crippen LogP contribution in [0.25, 0.3) is 21.1 Å². The molecule has 0 unspecified atom stereocenters. The number of benzene rings is 2. The number of amides is 1. The van der Waals surface area contributed by atoms with Crippen LogP contribution in [0.4, 0.5) is 5.69 Å². The molecule has 2 aromatic carbocycles. The van der Waals surface area contributed by atoms with E-state index in [1.165, 1.54) is 11.3 Å². The zero-order chi connectivity index (χ0) is 17.6. The van der Waals surface area contributed by atoms with Crippen molar-refractivity contribution in [3.8, 4) is 0 Å². The molecule has 0 bridgehead atoms. The minimum atomic E-state index is -0.438. The van der Waals surface area contributed by atoms with Crippen LogP contribution in [0.1, 0.15) is 15.2 Å². The van der Waals surface area contributed by atoms with Crippen molar-refractivity contribution in [3.63, 3.8) is 0 Å². The van der Waals surface area contributed by atoms with Crippen LogP contribution >= 0.6 is 22.9 Å². The van der Waals surface area contributed by atoms with Gasteiger partial charge in [0.15, 0.2) is 0 Å². The number of carbonyl (C=O) groups excluding carboxylic acids is 1. The normalized spacial score (nSPS) is 11.1. The van der Waals surface area contributed by atoms with E-state index < -0.39 is 5.63 Å². The number of rotatable bonds is 2. The van der Waals surface area contributed by atoms with Crippen molar-refractivity contribution < 1.29 is 9.21 Å². The Morgan fingerprint density at radius 2 is 1.92 bits per heavy atom. The van der Waals surface area contributed by atoms with E-state index >= 15 is 0 Å². The molecule has 0 atom stereocenters. The number of para-hydroxylation sites is 1. The van der Waals surface area contributed by atoms with Crippen molar-refractivity contribution >= 4 is 55.6 Å². The van der Waals surface area contributed by atoms with Gasteiger partial charge in [0.1, 0.15) is 5.58 Å². The van der Waals surface area contributed by atoms with E-state index in [1.807, 2.05) is 25.1 Å². The lowest BCUT2D eigenvalue weighted by Crippen LogP contribution is -2.11. The summed E-state index contributed by atoms with van der Waals surface area (Å²) in [4.78, 5) is 25.2. The second-order valence-electron chi connectivity index (χ2n) is 5.65. The highest BCUT2D eigenvalue weighted by atomic mass is 35.5. The molecule has 0 aliphatic rings. The first-order valence-electron chi connectivity index (χ1n) is 7.56. The minimum absolute atomic E-state index is 0.268. The molecule has 4 rings (SSSR count). The van der Waals surface area contributed by atoms with Gasteiger partial charge in [0.25, 0.3) is 5.91 Å². The zero-order valence-electron chi connectivity index (χ0n) is 13.1. The molecule has 4 aromatic rings. The van der Waals surface area contributed by atoms with E-state index in [-0.39, 0.29) is 5.91 Å². The molecule has 1 amide bonds. The third-order valence-corrected chi connectivity index (χ3v) is 5.35. The smallest absolute Gasteiger partial charge is 0.345 e. The number of fused-ring (bicyclic) bond motifs is 3. The van der Waals surface area contributed by atoms with Crippen molar-refractivity contribution in [2.75, 3.05) is 5.32 Å².